The SMILES string of the molecule is [2H]c1c([2H])c([2H])c(-c2cccc(-c3c([2H])c([2H])c([2H])c([2H])c3[2H])c2-[n+]2[c-]n(-c3[c-]c(Oc4[c-]c5c(cc4-c4cc(-c6ccccc6)cc(-c6ccccc6)c4C)c4ccccc4n5-c4cc(C(C)(C)C)ccn4)ccc3)c3ccccc32)c([2H])c1[2H].[Pt]. The first-order valence-corrected chi connectivity index (χ1v) is 25.0. The Hall–Kier alpha value is -8.89. The van der Waals surface area contributed by atoms with Gasteiger partial charge in [0.15, 0.2) is 0 Å². The van der Waals surface area contributed by atoms with Gasteiger partial charge in [-0.3, -0.25) is 4.57 Å². The van der Waals surface area contributed by atoms with E-state index >= 15 is 0 Å². The van der Waals surface area contributed by atoms with Crippen LogP contribution in [0.25, 0.3) is 106 Å². The van der Waals surface area contributed by atoms with Crippen LogP contribution >= 0.6 is 0 Å². The maximum Gasteiger partial charge on any atom is 0.268 e. The van der Waals surface area contributed by atoms with E-state index in [0.717, 1.165) is 72.1 Å². The molecule has 0 atom stereocenters. The summed E-state index contributed by atoms with van der Waals surface area (Å²) in [6, 6.07) is 59.4. The maximum absolute atomic E-state index is 9.16. The molecule has 0 saturated heterocycles. The molecular weight excluding hydrogens is 1120 g/mol. The minimum atomic E-state index is -0.580. The molecule has 0 radical (unpaired) electrons. The molecule has 0 bridgehead atoms. The molecule has 0 amide bonds. The standard InChI is InChI=1S/C71H52N4O.Pt/c1-48-60(52-29-15-8-16-30-52)41-53(49-23-9-5-10-24-49)42-61(48)63-45-62-59-33-17-18-36-64(59)75(69-43-54(39-40-72-69)71(2,3)4)67(62)46-68(63)76-56-32-21-31-55(44-56)73-47-74(66-38-20-19-37-65(66)73)70-57(50-25-11-6-12-26-50)34-22-35-58(70)51-27-13-7-14-28-51;/h5-43,45H,1-4H3;/q-2;/i6D,7D,11D,12D,13D,14D,25D,26D,27D,28D;. The second-order valence-electron chi connectivity index (χ2n) is 19.7. The van der Waals surface area contributed by atoms with Crippen LogP contribution in [0.15, 0.2) is 243 Å². The summed E-state index contributed by atoms with van der Waals surface area (Å²) in [5.74, 6) is 1.47. The average molecular weight is 1180 g/mol. The van der Waals surface area contributed by atoms with Gasteiger partial charge in [0.1, 0.15) is 5.82 Å². The summed E-state index contributed by atoms with van der Waals surface area (Å²) in [4.78, 5) is 4.97. The number of nitrogens with zero attached hydrogens (tertiary/aromatic N) is 4. The number of fused-ring (bicyclic) bond motifs is 4. The molecule has 0 spiro atoms. The fourth-order valence-corrected chi connectivity index (χ4v) is 10.3. The van der Waals surface area contributed by atoms with Crippen LogP contribution in [-0.4, -0.2) is 14.1 Å². The molecule has 5 nitrogen and oxygen atoms in total. The predicted octanol–water partition coefficient (Wildman–Crippen LogP) is 17.5. The van der Waals surface area contributed by atoms with E-state index in [9.17, 15) is 0 Å². The summed E-state index contributed by atoms with van der Waals surface area (Å²) in [6.07, 6.45) is 5.33. The average Bonchev–Trinajstić information content (AvgIpc) is 1.73. The molecule has 374 valence electrons. The number of aromatic nitrogens is 4. The molecule has 0 aliphatic heterocycles. The number of hydrogen-bond acceptors (Lipinski definition) is 2. The van der Waals surface area contributed by atoms with Gasteiger partial charge in [-0.25, -0.2) is 4.98 Å². The quantitative estimate of drug-likeness (QED) is 0.101. The van der Waals surface area contributed by atoms with Crippen molar-refractivity contribution in [1.82, 2.24) is 14.1 Å². The molecule has 13 aromatic rings. The van der Waals surface area contributed by atoms with Gasteiger partial charge in [0.05, 0.1) is 30.4 Å². The molecule has 6 heteroatoms. The van der Waals surface area contributed by atoms with Crippen molar-refractivity contribution in [3.63, 3.8) is 0 Å². The smallest absolute Gasteiger partial charge is 0.268 e. The summed E-state index contributed by atoms with van der Waals surface area (Å²) < 4.78 is 101. The summed E-state index contributed by atoms with van der Waals surface area (Å²) in [7, 11) is 0. The van der Waals surface area contributed by atoms with E-state index in [1.807, 2.05) is 97.2 Å². The molecule has 0 saturated carbocycles. The first-order valence-electron chi connectivity index (χ1n) is 30.0. The van der Waals surface area contributed by atoms with Crippen molar-refractivity contribution in [2.24, 2.45) is 0 Å². The fraction of sp³-hybridized carbons (Fsp3) is 0.0704. The van der Waals surface area contributed by atoms with E-state index in [0.29, 0.717) is 28.2 Å². The first-order chi connectivity index (χ1) is 41.4. The minimum absolute atomic E-state index is 0. The van der Waals surface area contributed by atoms with E-state index in [-0.39, 0.29) is 54.4 Å². The summed E-state index contributed by atoms with van der Waals surface area (Å²) in [5.41, 5.74) is 11.2. The maximum atomic E-state index is 9.16. The van der Waals surface area contributed by atoms with Crippen molar-refractivity contribution in [3.05, 3.63) is 272 Å². The molecule has 3 aromatic heterocycles. The fourth-order valence-electron chi connectivity index (χ4n) is 10.3. The predicted molar refractivity (Wildman–Crippen MR) is 311 cm³/mol. The number of rotatable bonds is 10. The topological polar surface area (TPSA) is 35.9 Å². The van der Waals surface area contributed by atoms with Gasteiger partial charge in [-0.2, -0.15) is 18.2 Å². The van der Waals surface area contributed by atoms with Crippen LogP contribution in [0.5, 0.6) is 11.5 Å². The summed E-state index contributed by atoms with van der Waals surface area (Å²) in [6.45, 7) is 8.69. The Bertz CT molecular complexity index is 4780. The number of pyridine rings is 1. The van der Waals surface area contributed by atoms with Gasteiger partial charge in [0.2, 0.25) is 0 Å². The molecule has 10 aromatic carbocycles. The molecule has 3 heterocycles. The van der Waals surface area contributed by atoms with Crippen LogP contribution in [0, 0.1) is 25.4 Å². The Balaban J connectivity index is 0.00000739. The van der Waals surface area contributed by atoms with Crippen LogP contribution in [0.2, 0.25) is 0 Å². The van der Waals surface area contributed by atoms with Crippen molar-refractivity contribution in [2.75, 3.05) is 0 Å². The second-order valence-corrected chi connectivity index (χ2v) is 19.7. The normalized spacial score (nSPS) is 13.4. The summed E-state index contributed by atoms with van der Waals surface area (Å²) >= 11 is 0. The van der Waals surface area contributed by atoms with Crippen molar-refractivity contribution in [1.29, 1.82) is 0 Å². The van der Waals surface area contributed by atoms with E-state index in [4.69, 9.17) is 23.4 Å². The Kier molecular flexibility index (Phi) is 10.2. The van der Waals surface area contributed by atoms with Crippen LogP contribution < -0.4 is 9.30 Å². The van der Waals surface area contributed by atoms with Gasteiger partial charge < -0.3 is 13.9 Å². The van der Waals surface area contributed by atoms with Crippen molar-refractivity contribution in [3.8, 4) is 84.3 Å². The van der Waals surface area contributed by atoms with Gasteiger partial charge in [-0.15, -0.1) is 23.6 Å². The van der Waals surface area contributed by atoms with Gasteiger partial charge in [0, 0.05) is 44.3 Å². The second kappa shape index (κ2) is 20.3. The molecule has 13 rings (SSSR count). The number of imidazole rings is 1. The van der Waals surface area contributed by atoms with Crippen molar-refractivity contribution in [2.45, 2.75) is 33.1 Å². The zero-order valence-electron chi connectivity index (χ0n) is 52.3. The third-order valence-corrected chi connectivity index (χ3v) is 14.0. The first kappa shape index (κ1) is 38.6. The minimum Gasteiger partial charge on any atom is -0.509 e. The zero-order valence-corrected chi connectivity index (χ0v) is 44.6. The summed E-state index contributed by atoms with van der Waals surface area (Å²) in [5, 5.41) is 1.95. The number of hydrogen-bond donors (Lipinski definition) is 0. The van der Waals surface area contributed by atoms with Crippen LogP contribution in [0.4, 0.5) is 0 Å². The molecule has 77 heavy (non-hydrogen) atoms. The largest absolute Gasteiger partial charge is 0.509 e. The van der Waals surface area contributed by atoms with Crippen LogP contribution in [-0.2, 0) is 26.5 Å². The van der Waals surface area contributed by atoms with Crippen molar-refractivity contribution >= 4 is 32.8 Å². The zero-order chi connectivity index (χ0) is 60.0. The number of para-hydroxylation sites is 4. The Morgan fingerprint density at radius 1 is 0.532 bits per heavy atom. The molecular formula is C71H52N4OPt-2. The van der Waals surface area contributed by atoms with Gasteiger partial charge >= 0.3 is 0 Å². The molecule has 0 unspecified atom stereocenters. The van der Waals surface area contributed by atoms with Gasteiger partial charge in [0.25, 0.3) is 6.33 Å². The van der Waals surface area contributed by atoms with E-state index in [1.54, 1.807) is 27.3 Å². The van der Waals surface area contributed by atoms with Crippen LogP contribution in [0.1, 0.15) is 45.6 Å². The molecule has 0 fully saturated rings. The van der Waals surface area contributed by atoms with Gasteiger partial charge in [-0.05, 0) is 103 Å². The van der Waals surface area contributed by atoms with E-state index in [1.165, 1.54) is 0 Å². The molecule has 0 aliphatic rings. The Morgan fingerprint density at radius 3 is 1.86 bits per heavy atom. The molecule has 0 N–H and O–H groups in total. The number of benzene rings is 10. The van der Waals surface area contributed by atoms with E-state index in [2.05, 4.69) is 117 Å². The molecule has 0 aliphatic carbocycles. The third kappa shape index (κ3) is 9.07. The van der Waals surface area contributed by atoms with Crippen molar-refractivity contribution < 1.29 is 44.1 Å². The van der Waals surface area contributed by atoms with Gasteiger partial charge in [-0.1, -0.05) is 225 Å². The Labute approximate surface area is 478 Å². The monoisotopic (exact) mass is 1180 g/mol. The number of ether oxygens (including phenoxy) is 1. The third-order valence-electron chi connectivity index (χ3n) is 14.0. The van der Waals surface area contributed by atoms with E-state index < -0.39 is 60.4 Å². The Morgan fingerprint density at radius 2 is 1.16 bits per heavy atom. The van der Waals surface area contributed by atoms with Crippen LogP contribution in [0.3, 0.4) is 0 Å².